The van der Waals surface area contributed by atoms with Gasteiger partial charge in [-0.3, -0.25) is 9.59 Å². The molecule has 6 nitrogen and oxygen atoms in total. The van der Waals surface area contributed by atoms with E-state index in [1.54, 1.807) is 18.2 Å². The number of hydrogen-bond acceptors (Lipinski definition) is 4. The Bertz CT molecular complexity index is 1470. The summed E-state index contributed by atoms with van der Waals surface area (Å²) in [6.45, 7) is 0. The molecular formula is C24H14ClF3N2O4. The zero-order valence-electron chi connectivity index (χ0n) is 17.1. The van der Waals surface area contributed by atoms with Gasteiger partial charge in [0, 0.05) is 23.3 Å². The molecule has 0 radical (unpaired) electrons. The molecule has 0 aliphatic carbocycles. The summed E-state index contributed by atoms with van der Waals surface area (Å²) in [5.74, 6) is -4.23. The van der Waals surface area contributed by atoms with Gasteiger partial charge in [-0.15, -0.1) is 0 Å². The van der Waals surface area contributed by atoms with Gasteiger partial charge in [-0.1, -0.05) is 17.7 Å². The van der Waals surface area contributed by atoms with E-state index in [2.05, 4.69) is 10.3 Å². The van der Waals surface area contributed by atoms with Crippen molar-refractivity contribution in [3.8, 4) is 11.5 Å². The number of carbonyl (C=O) groups is 2. The number of amides is 1. The van der Waals surface area contributed by atoms with Crippen molar-refractivity contribution in [3.63, 3.8) is 0 Å². The molecule has 4 rings (SSSR count). The van der Waals surface area contributed by atoms with Gasteiger partial charge in [-0.2, -0.15) is 0 Å². The number of rotatable bonds is 6. The normalized spacial score (nSPS) is 11.3. The fourth-order valence-electron chi connectivity index (χ4n) is 3.14. The smallest absolute Gasteiger partial charge is 0.307 e. The average molecular weight is 487 g/mol. The third-order valence-corrected chi connectivity index (χ3v) is 5.02. The van der Waals surface area contributed by atoms with E-state index in [-0.39, 0.29) is 28.6 Å². The number of oxazole rings is 1. The van der Waals surface area contributed by atoms with Crippen LogP contribution in [-0.4, -0.2) is 22.0 Å². The van der Waals surface area contributed by atoms with E-state index in [0.717, 1.165) is 24.3 Å². The molecule has 0 aliphatic heterocycles. The molecular weight excluding hydrogens is 473 g/mol. The van der Waals surface area contributed by atoms with Crippen LogP contribution in [0.2, 0.25) is 5.02 Å². The van der Waals surface area contributed by atoms with Crippen molar-refractivity contribution in [2.24, 2.45) is 0 Å². The van der Waals surface area contributed by atoms with Crippen LogP contribution in [0.4, 0.5) is 18.9 Å². The Hall–Kier alpha value is -4.11. The fraction of sp³-hybridized carbons (Fsp3) is 0.0417. The highest BCUT2D eigenvalue weighted by Crippen LogP contribution is 2.28. The number of nitrogens with one attached hydrogen (secondary N) is 1. The minimum atomic E-state index is -0.982. The van der Waals surface area contributed by atoms with E-state index in [1.807, 2.05) is 0 Å². The van der Waals surface area contributed by atoms with Crippen LogP contribution in [0.1, 0.15) is 11.1 Å². The van der Waals surface area contributed by atoms with Gasteiger partial charge in [-0.05, 0) is 48.0 Å². The van der Waals surface area contributed by atoms with Crippen molar-refractivity contribution in [2.75, 3.05) is 5.32 Å². The van der Waals surface area contributed by atoms with Gasteiger partial charge in [0.15, 0.2) is 5.58 Å². The monoisotopic (exact) mass is 486 g/mol. The summed E-state index contributed by atoms with van der Waals surface area (Å²) < 4.78 is 47.2. The zero-order valence-corrected chi connectivity index (χ0v) is 17.9. The van der Waals surface area contributed by atoms with E-state index < -0.39 is 29.3 Å². The highest BCUT2D eigenvalue weighted by atomic mass is 35.5. The molecule has 34 heavy (non-hydrogen) atoms. The minimum absolute atomic E-state index is 0.111. The van der Waals surface area contributed by atoms with Crippen LogP contribution >= 0.6 is 11.6 Å². The number of carboxylic acid groups (broad SMARTS) is 1. The van der Waals surface area contributed by atoms with Crippen molar-refractivity contribution >= 4 is 46.3 Å². The molecule has 0 aliphatic rings. The molecule has 172 valence electrons. The fourth-order valence-corrected chi connectivity index (χ4v) is 3.31. The third-order valence-electron chi connectivity index (χ3n) is 4.74. The van der Waals surface area contributed by atoms with Crippen molar-refractivity contribution < 1.29 is 32.3 Å². The molecule has 2 N–H and O–H groups in total. The number of nitrogens with zero attached hydrogens (tertiary/aromatic N) is 1. The second kappa shape index (κ2) is 9.40. The van der Waals surface area contributed by atoms with Gasteiger partial charge >= 0.3 is 5.97 Å². The van der Waals surface area contributed by atoms with Crippen molar-refractivity contribution in [2.45, 2.75) is 6.42 Å². The molecule has 0 saturated carbocycles. The predicted octanol–water partition coefficient (Wildman–Crippen LogP) is 5.84. The second-order valence-corrected chi connectivity index (χ2v) is 7.60. The Kier molecular flexibility index (Phi) is 6.38. The van der Waals surface area contributed by atoms with E-state index in [4.69, 9.17) is 21.1 Å². The predicted molar refractivity (Wildman–Crippen MR) is 120 cm³/mol. The summed E-state index contributed by atoms with van der Waals surface area (Å²) in [7, 11) is 0. The summed E-state index contributed by atoms with van der Waals surface area (Å²) in [5, 5.41) is 10.9. The first-order valence-corrected chi connectivity index (χ1v) is 10.1. The Morgan fingerprint density at radius 3 is 2.56 bits per heavy atom. The average Bonchev–Trinajstić information content (AvgIpc) is 3.20. The number of aromatic nitrogens is 1. The van der Waals surface area contributed by atoms with Crippen LogP contribution in [0.3, 0.4) is 0 Å². The van der Waals surface area contributed by atoms with E-state index in [1.165, 1.54) is 12.1 Å². The Morgan fingerprint density at radius 2 is 1.82 bits per heavy atom. The van der Waals surface area contributed by atoms with Crippen LogP contribution in [0.5, 0.6) is 0 Å². The summed E-state index contributed by atoms with van der Waals surface area (Å²) in [6.07, 6.45) is 1.87. The molecule has 0 fully saturated rings. The molecule has 0 saturated heterocycles. The van der Waals surface area contributed by atoms with Crippen LogP contribution in [-0.2, 0) is 16.0 Å². The first kappa shape index (κ1) is 23.1. The van der Waals surface area contributed by atoms with Gasteiger partial charge in [-0.25, -0.2) is 18.2 Å². The minimum Gasteiger partial charge on any atom is -0.481 e. The van der Waals surface area contributed by atoms with Crippen LogP contribution < -0.4 is 5.32 Å². The number of aliphatic carboxylic acids is 1. The van der Waals surface area contributed by atoms with Crippen LogP contribution in [0.15, 0.2) is 59.0 Å². The molecule has 0 atom stereocenters. The zero-order chi connectivity index (χ0) is 24.4. The lowest BCUT2D eigenvalue weighted by atomic mass is 10.1. The second-order valence-electron chi connectivity index (χ2n) is 7.20. The lowest BCUT2D eigenvalue weighted by Crippen LogP contribution is -2.09. The number of halogens is 4. The van der Waals surface area contributed by atoms with Gasteiger partial charge in [0.25, 0.3) is 0 Å². The van der Waals surface area contributed by atoms with E-state index in [9.17, 15) is 22.8 Å². The molecule has 3 aromatic carbocycles. The van der Waals surface area contributed by atoms with Gasteiger partial charge in [0.2, 0.25) is 11.8 Å². The van der Waals surface area contributed by atoms with Crippen LogP contribution in [0, 0.1) is 17.5 Å². The van der Waals surface area contributed by atoms with Gasteiger partial charge in [0.1, 0.15) is 23.0 Å². The number of carboxylic acids is 1. The molecule has 10 heteroatoms. The maximum absolute atomic E-state index is 14.6. The topological polar surface area (TPSA) is 92.4 Å². The lowest BCUT2D eigenvalue weighted by molar-refractivity contribution is -0.136. The van der Waals surface area contributed by atoms with E-state index >= 15 is 0 Å². The van der Waals surface area contributed by atoms with Crippen molar-refractivity contribution in [1.82, 2.24) is 4.98 Å². The highest BCUT2D eigenvalue weighted by Gasteiger charge is 2.13. The number of anilines is 1. The Labute approximate surface area is 195 Å². The van der Waals surface area contributed by atoms with Crippen molar-refractivity contribution in [1.29, 1.82) is 0 Å². The highest BCUT2D eigenvalue weighted by molar-refractivity contribution is 6.30. The molecule has 1 aromatic heterocycles. The first-order valence-electron chi connectivity index (χ1n) is 9.74. The number of carbonyl (C=O) groups excluding carboxylic acids is 1. The van der Waals surface area contributed by atoms with Crippen LogP contribution in [0.25, 0.3) is 28.6 Å². The number of fused-ring (bicyclic) bond motifs is 1. The third kappa shape index (κ3) is 5.10. The van der Waals surface area contributed by atoms with Gasteiger partial charge < -0.3 is 14.8 Å². The molecule has 0 unspecified atom stereocenters. The first-order chi connectivity index (χ1) is 16.2. The maximum Gasteiger partial charge on any atom is 0.307 e. The summed E-state index contributed by atoms with van der Waals surface area (Å²) in [5.41, 5.74) is 1.41. The SMILES string of the molecule is O=C(O)Cc1ccc2oc(-c3ccc(NC(=O)/C=C/c4cc(Cl)c(F)cc4F)c(F)c3)nc2c1. The Morgan fingerprint density at radius 1 is 1.03 bits per heavy atom. The number of hydrogen-bond donors (Lipinski definition) is 2. The quantitative estimate of drug-likeness (QED) is 0.264. The molecule has 1 amide bonds. The maximum atomic E-state index is 14.6. The molecule has 4 aromatic rings. The molecule has 0 spiro atoms. The largest absolute Gasteiger partial charge is 0.481 e. The summed E-state index contributed by atoms with van der Waals surface area (Å²) in [4.78, 5) is 27.3. The van der Waals surface area contributed by atoms with Crippen molar-refractivity contribution in [3.05, 3.63) is 88.2 Å². The molecule has 1 heterocycles. The summed E-state index contributed by atoms with van der Waals surface area (Å²) >= 11 is 5.61. The standard InChI is InChI=1S/C24H14ClF3N2O4/c25-15-9-13(16(26)11-17(15)27)3-6-22(31)29-19-4-2-14(10-18(19)28)24-30-20-7-12(8-23(32)33)1-5-21(20)34-24/h1-7,9-11H,8H2,(H,29,31)(H,32,33)/b6-3+. The summed E-state index contributed by atoms with van der Waals surface area (Å²) in [6, 6.07) is 10.3. The number of benzene rings is 3. The molecule has 0 bridgehead atoms. The van der Waals surface area contributed by atoms with Gasteiger partial charge in [0.05, 0.1) is 17.1 Å². The Balaban J connectivity index is 1.50. The lowest BCUT2D eigenvalue weighted by Gasteiger charge is -2.05. The van der Waals surface area contributed by atoms with E-state index in [0.29, 0.717) is 28.3 Å².